The molecule has 10 heteroatoms. The maximum Gasteiger partial charge on any atom is 0.416 e. The van der Waals surface area contributed by atoms with Crippen molar-refractivity contribution in [2.24, 2.45) is 0 Å². The zero-order chi connectivity index (χ0) is 23.9. The van der Waals surface area contributed by atoms with Gasteiger partial charge in [0.05, 0.1) is 24.1 Å². The standard InChI is InChI=1S/C22H27F3N2O4S/c1-16-6-11-20(17(2)15-16)31-14-12-26-21(28)5-4-13-27(32(3,29)30)19-9-7-18(8-10-19)22(23,24)25/h6-11,15H,4-5,12-14H2,1-3H3,(H,26,28). The fourth-order valence-electron chi connectivity index (χ4n) is 3.09. The van der Waals surface area contributed by atoms with Crippen LogP contribution in [0.3, 0.4) is 0 Å². The monoisotopic (exact) mass is 472 g/mol. The summed E-state index contributed by atoms with van der Waals surface area (Å²) in [5.41, 5.74) is 1.38. The minimum Gasteiger partial charge on any atom is -0.491 e. The van der Waals surface area contributed by atoms with Gasteiger partial charge in [-0.25, -0.2) is 8.42 Å². The average molecular weight is 473 g/mol. The number of nitrogens with one attached hydrogen (secondary N) is 1. The Hall–Kier alpha value is -2.75. The van der Waals surface area contributed by atoms with Crippen molar-refractivity contribution in [2.75, 3.05) is 30.3 Å². The first-order chi connectivity index (χ1) is 14.9. The summed E-state index contributed by atoms with van der Waals surface area (Å²) < 4.78 is 68.9. The fraction of sp³-hybridized carbons (Fsp3) is 0.409. The summed E-state index contributed by atoms with van der Waals surface area (Å²) in [4.78, 5) is 12.0. The number of ether oxygens (including phenoxy) is 1. The third-order valence-corrected chi connectivity index (χ3v) is 5.85. The first kappa shape index (κ1) is 25.5. The molecule has 0 atom stereocenters. The van der Waals surface area contributed by atoms with Crippen molar-refractivity contribution in [3.05, 3.63) is 59.2 Å². The number of halogens is 3. The highest BCUT2D eigenvalue weighted by Crippen LogP contribution is 2.31. The van der Waals surface area contributed by atoms with Crippen LogP contribution in [0, 0.1) is 13.8 Å². The molecule has 2 rings (SSSR count). The van der Waals surface area contributed by atoms with Gasteiger partial charge in [-0.15, -0.1) is 0 Å². The van der Waals surface area contributed by atoms with Gasteiger partial charge in [0.2, 0.25) is 15.9 Å². The predicted molar refractivity (Wildman–Crippen MR) is 117 cm³/mol. The molecule has 0 unspecified atom stereocenters. The highest BCUT2D eigenvalue weighted by atomic mass is 32.2. The van der Waals surface area contributed by atoms with E-state index in [0.29, 0.717) is 6.54 Å². The van der Waals surface area contributed by atoms with Gasteiger partial charge in [-0.1, -0.05) is 17.7 Å². The lowest BCUT2D eigenvalue weighted by Crippen LogP contribution is -2.33. The van der Waals surface area contributed by atoms with Crippen LogP contribution in [0.15, 0.2) is 42.5 Å². The summed E-state index contributed by atoms with van der Waals surface area (Å²) in [6, 6.07) is 9.67. The Bertz CT molecular complexity index is 1020. The van der Waals surface area contributed by atoms with Gasteiger partial charge < -0.3 is 10.1 Å². The molecule has 0 aromatic heterocycles. The second-order valence-electron chi connectivity index (χ2n) is 7.45. The molecule has 2 aromatic rings. The number of carbonyl (C=O) groups excluding carboxylic acids is 1. The van der Waals surface area contributed by atoms with Crippen LogP contribution in [0.4, 0.5) is 18.9 Å². The molecule has 0 spiro atoms. The van der Waals surface area contributed by atoms with Crippen molar-refractivity contribution >= 4 is 21.6 Å². The van der Waals surface area contributed by atoms with E-state index >= 15 is 0 Å². The summed E-state index contributed by atoms with van der Waals surface area (Å²) in [6.07, 6.45) is -3.27. The number of anilines is 1. The largest absolute Gasteiger partial charge is 0.491 e. The number of alkyl halides is 3. The molecular weight excluding hydrogens is 445 g/mol. The van der Waals surface area contributed by atoms with Crippen LogP contribution < -0.4 is 14.4 Å². The molecule has 0 aliphatic rings. The highest BCUT2D eigenvalue weighted by molar-refractivity contribution is 7.92. The number of carbonyl (C=O) groups is 1. The summed E-state index contributed by atoms with van der Waals surface area (Å²) in [6.45, 7) is 4.47. The predicted octanol–water partition coefficient (Wildman–Crippen LogP) is 4.06. The van der Waals surface area contributed by atoms with E-state index in [1.807, 2.05) is 32.0 Å². The number of hydrogen-bond acceptors (Lipinski definition) is 4. The molecule has 0 aliphatic carbocycles. The number of nitrogens with zero attached hydrogens (tertiary/aromatic N) is 1. The molecule has 1 amide bonds. The van der Waals surface area contributed by atoms with Crippen molar-refractivity contribution in [1.29, 1.82) is 0 Å². The molecule has 6 nitrogen and oxygen atoms in total. The molecule has 32 heavy (non-hydrogen) atoms. The zero-order valence-corrected chi connectivity index (χ0v) is 19.0. The highest BCUT2D eigenvalue weighted by Gasteiger charge is 2.30. The number of amides is 1. The van der Waals surface area contributed by atoms with Crippen molar-refractivity contribution < 1.29 is 31.1 Å². The lowest BCUT2D eigenvalue weighted by atomic mass is 10.1. The van der Waals surface area contributed by atoms with Gasteiger partial charge in [0.25, 0.3) is 0 Å². The molecule has 0 heterocycles. The van der Waals surface area contributed by atoms with Crippen LogP contribution >= 0.6 is 0 Å². The average Bonchev–Trinajstić information content (AvgIpc) is 2.68. The van der Waals surface area contributed by atoms with Gasteiger partial charge in [0, 0.05) is 13.0 Å². The number of hydrogen-bond donors (Lipinski definition) is 1. The van der Waals surface area contributed by atoms with Crippen molar-refractivity contribution in [2.45, 2.75) is 32.9 Å². The molecule has 1 N–H and O–H groups in total. The molecule has 0 fully saturated rings. The van der Waals surface area contributed by atoms with E-state index in [1.165, 1.54) is 0 Å². The Labute approximate surface area is 186 Å². The van der Waals surface area contributed by atoms with Gasteiger partial charge in [0.1, 0.15) is 12.4 Å². The lowest BCUT2D eigenvalue weighted by Gasteiger charge is -2.22. The topological polar surface area (TPSA) is 75.7 Å². The van der Waals surface area contributed by atoms with E-state index in [0.717, 1.165) is 51.7 Å². The van der Waals surface area contributed by atoms with E-state index < -0.39 is 21.8 Å². The van der Waals surface area contributed by atoms with E-state index in [1.54, 1.807) is 0 Å². The zero-order valence-electron chi connectivity index (χ0n) is 18.2. The van der Waals surface area contributed by atoms with Crippen LogP contribution in [0.25, 0.3) is 0 Å². The second-order valence-corrected chi connectivity index (χ2v) is 9.36. The van der Waals surface area contributed by atoms with E-state index in [9.17, 15) is 26.4 Å². The SMILES string of the molecule is Cc1ccc(OCCNC(=O)CCCN(c2ccc(C(F)(F)F)cc2)S(C)(=O)=O)c(C)c1. The van der Waals surface area contributed by atoms with Crippen molar-refractivity contribution in [3.8, 4) is 5.75 Å². The van der Waals surface area contributed by atoms with E-state index in [2.05, 4.69) is 5.32 Å². The number of aryl methyl sites for hydroxylation is 2. The first-order valence-corrected chi connectivity index (χ1v) is 11.8. The molecule has 0 saturated carbocycles. The Kier molecular flexibility index (Phi) is 8.54. The van der Waals surface area contributed by atoms with Crippen LogP contribution in [0.2, 0.25) is 0 Å². The van der Waals surface area contributed by atoms with Crippen LogP contribution in [0.1, 0.15) is 29.5 Å². The number of rotatable bonds is 10. The maximum atomic E-state index is 12.7. The van der Waals surface area contributed by atoms with E-state index in [-0.39, 0.29) is 37.6 Å². The number of sulfonamides is 1. The first-order valence-electron chi connectivity index (χ1n) is 9.99. The maximum absolute atomic E-state index is 12.7. The molecule has 0 bridgehead atoms. The van der Waals surface area contributed by atoms with Crippen LogP contribution in [-0.2, 0) is 21.0 Å². The van der Waals surface area contributed by atoms with Crippen molar-refractivity contribution in [3.63, 3.8) is 0 Å². The van der Waals surface area contributed by atoms with Gasteiger partial charge in [-0.05, 0) is 56.2 Å². The minimum absolute atomic E-state index is 0.0311. The fourth-order valence-corrected chi connectivity index (χ4v) is 4.05. The van der Waals surface area contributed by atoms with Gasteiger partial charge >= 0.3 is 6.18 Å². The molecule has 2 aromatic carbocycles. The summed E-state index contributed by atoms with van der Waals surface area (Å²) in [5.74, 6) is 0.472. The van der Waals surface area contributed by atoms with Crippen LogP contribution in [-0.4, -0.2) is 40.3 Å². The van der Waals surface area contributed by atoms with E-state index in [4.69, 9.17) is 4.74 Å². The van der Waals surface area contributed by atoms with Gasteiger partial charge in [0.15, 0.2) is 0 Å². The van der Waals surface area contributed by atoms with Crippen molar-refractivity contribution in [1.82, 2.24) is 5.32 Å². The summed E-state index contributed by atoms with van der Waals surface area (Å²) in [5, 5.41) is 2.70. The second kappa shape index (κ2) is 10.7. The van der Waals surface area contributed by atoms with Crippen LogP contribution in [0.5, 0.6) is 5.75 Å². The summed E-state index contributed by atoms with van der Waals surface area (Å²) >= 11 is 0. The summed E-state index contributed by atoms with van der Waals surface area (Å²) in [7, 11) is -3.72. The third-order valence-electron chi connectivity index (χ3n) is 4.66. The smallest absolute Gasteiger partial charge is 0.416 e. The quantitative estimate of drug-likeness (QED) is 0.529. The molecule has 0 aliphatic heterocycles. The molecule has 0 radical (unpaired) electrons. The Balaban J connectivity index is 1.81. The number of benzene rings is 2. The normalized spacial score (nSPS) is 11.8. The molecule has 0 saturated heterocycles. The molecular formula is C22H27F3N2O4S. The Morgan fingerprint density at radius 3 is 2.31 bits per heavy atom. The van der Waals surface area contributed by atoms with Gasteiger partial charge in [-0.3, -0.25) is 9.10 Å². The third kappa shape index (κ3) is 7.74. The molecule has 176 valence electrons. The Morgan fingerprint density at radius 1 is 1.09 bits per heavy atom. The Morgan fingerprint density at radius 2 is 1.75 bits per heavy atom. The van der Waals surface area contributed by atoms with Gasteiger partial charge in [-0.2, -0.15) is 13.2 Å². The lowest BCUT2D eigenvalue weighted by molar-refractivity contribution is -0.137. The minimum atomic E-state index is -4.51.